The third-order valence-corrected chi connectivity index (χ3v) is 6.03. The minimum Gasteiger partial charge on any atom is -0.379 e. The van der Waals surface area contributed by atoms with Crippen molar-refractivity contribution in [1.82, 2.24) is 20.3 Å². The molecule has 4 aromatic rings. The van der Waals surface area contributed by atoms with Gasteiger partial charge in [-0.1, -0.05) is 6.07 Å². The van der Waals surface area contributed by atoms with Gasteiger partial charge < -0.3 is 20.4 Å². The number of halogens is 3. The fourth-order valence-electron chi connectivity index (χ4n) is 3.95. The summed E-state index contributed by atoms with van der Waals surface area (Å²) in [5.41, 5.74) is 5.25. The van der Waals surface area contributed by atoms with Crippen LogP contribution in [0.2, 0.25) is 0 Å². The molecule has 0 unspecified atom stereocenters. The molecule has 0 bridgehead atoms. The quantitative estimate of drug-likeness (QED) is 0.251. The summed E-state index contributed by atoms with van der Waals surface area (Å²) in [6.45, 7) is 3.91. The summed E-state index contributed by atoms with van der Waals surface area (Å²) < 4.78 is 40.8. The lowest BCUT2D eigenvalue weighted by Crippen LogP contribution is -2.21. The Morgan fingerprint density at radius 2 is 1.93 bits per heavy atom. The van der Waals surface area contributed by atoms with Crippen LogP contribution in [-0.4, -0.2) is 27.5 Å². The Hall–Kier alpha value is -5.13. The van der Waals surface area contributed by atoms with Gasteiger partial charge in [-0.3, -0.25) is 9.78 Å². The molecule has 0 saturated heterocycles. The third kappa shape index (κ3) is 6.12. The summed E-state index contributed by atoms with van der Waals surface area (Å²) in [7, 11) is 0. The molecule has 1 aliphatic heterocycles. The Morgan fingerprint density at radius 3 is 2.65 bits per heavy atom. The fourth-order valence-corrected chi connectivity index (χ4v) is 3.95. The Bertz CT molecular complexity index is 1580. The molecule has 2 aromatic heterocycles. The second-order valence-corrected chi connectivity index (χ2v) is 9.03. The van der Waals surface area contributed by atoms with Crippen molar-refractivity contribution in [2.75, 3.05) is 22.4 Å². The number of benzene rings is 2. The summed E-state index contributed by atoms with van der Waals surface area (Å²) in [5.74, 6) is -0.0967. The zero-order valence-corrected chi connectivity index (χ0v) is 21.5. The lowest BCUT2D eigenvalue weighted by atomic mass is 10.1. The van der Waals surface area contributed by atoms with E-state index in [1.54, 1.807) is 60.9 Å². The zero-order chi connectivity index (χ0) is 28.3. The third-order valence-electron chi connectivity index (χ3n) is 6.03. The number of hydrogen-bond acceptors (Lipinski definition) is 8. The number of carbonyl (C=O) groups is 1. The molecule has 12 heteroatoms. The highest BCUT2D eigenvalue weighted by Gasteiger charge is 2.32. The van der Waals surface area contributed by atoms with Gasteiger partial charge in [0.15, 0.2) is 5.75 Å². The van der Waals surface area contributed by atoms with Crippen LogP contribution in [-0.2, 0) is 6.18 Å². The number of rotatable bonds is 7. The van der Waals surface area contributed by atoms with Gasteiger partial charge in [-0.25, -0.2) is 9.97 Å². The highest BCUT2D eigenvalue weighted by Crippen LogP contribution is 2.35. The number of nitrogens with zero attached hydrogens (tertiary/aromatic N) is 4. The van der Waals surface area contributed by atoms with Gasteiger partial charge in [-0.15, -0.1) is 0 Å². The number of aryl methyl sites for hydroxylation is 1. The minimum absolute atomic E-state index is 0.00885. The predicted octanol–water partition coefficient (Wildman–Crippen LogP) is 5.75. The van der Waals surface area contributed by atoms with Crippen molar-refractivity contribution in [3.63, 3.8) is 0 Å². The number of nitrogens with one attached hydrogen (secondary N) is 3. The molecular weight excluding hydrogens is 523 g/mol. The second kappa shape index (κ2) is 10.9. The molecule has 0 aliphatic carbocycles. The van der Waals surface area contributed by atoms with Gasteiger partial charge in [0.1, 0.15) is 0 Å². The van der Waals surface area contributed by atoms with Crippen LogP contribution in [0.3, 0.4) is 0 Å². The molecule has 3 heterocycles. The molecule has 0 radical (unpaired) electrons. The van der Waals surface area contributed by atoms with E-state index < -0.39 is 17.6 Å². The van der Waals surface area contributed by atoms with E-state index in [-0.39, 0.29) is 17.2 Å². The van der Waals surface area contributed by atoms with Crippen LogP contribution in [0, 0.1) is 6.92 Å². The maximum Gasteiger partial charge on any atom is 0.416 e. The van der Waals surface area contributed by atoms with Crippen LogP contribution < -0.4 is 25.9 Å². The van der Waals surface area contributed by atoms with Crippen LogP contribution in [0.25, 0.3) is 11.3 Å². The number of aromatic nitrogens is 3. The van der Waals surface area contributed by atoms with Crippen molar-refractivity contribution >= 4 is 23.2 Å². The SMILES string of the molecule is CC1=CN(c2cc(NC(=O)c3ccc(C)c(ONc4nccc(-c5cccnc5)n4)c3)cc(C(F)(F)F)c2)CN1. The van der Waals surface area contributed by atoms with Gasteiger partial charge in [0.25, 0.3) is 11.9 Å². The summed E-state index contributed by atoms with van der Waals surface area (Å²) >= 11 is 0. The normalized spacial score (nSPS) is 12.9. The van der Waals surface area contributed by atoms with E-state index >= 15 is 0 Å². The molecule has 204 valence electrons. The Kier molecular flexibility index (Phi) is 7.23. The molecule has 0 saturated carbocycles. The average molecular weight is 548 g/mol. The first-order valence-electron chi connectivity index (χ1n) is 12.2. The van der Waals surface area contributed by atoms with E-state index in [1.807, 2.05) is 13.0 Å². The van der Waals surface area contributed by atoms with Crippen molar-refractivity contribution in [2.24, 2.45) is 0 Å². The van der Waals surface area contributed by atoms with Crippen molar-refractivity contribution in [2.45, 2.75) is 20.0 Å². The maximum absolute atomic E-state index is 13.6. The lowest BCUT2D eigenvalue weighted by Gasteiger charge is -2.19. The molecule has 1 amide bonds. The average Bonchev–Trinajstić information content (AvgIpc) is 3.39. The van der Waals surface area contributed by atoms with Gasteiger partial charge in [0.2, 0.25) is 0 Å². The maximum atomic E-state index is 13.6. The standard InChI is InChI=1S/C28H24F3N7O2/c1-17-5-6-19(10-25(17)40-37-27-33-9-7-24(36-27)20-4-3-8-32-14-20)26(39)35-22-11-21(28(29,30)31)12-23(13-22)38-15-18(2)34-16-38/h3-15,34H,16H2,1-2H3,(H,35,39)(H,33,36,37). The lowest BCUT2D eigenvalue weighted by molar-refractivity contribution is -0.137. The topological polar surface area (TPSA) is 104 Å². The largest absolute Gasteiger partial charge is 0.416 e. The molecule has 2 aromatic carbocycles. The highest BCUT2D eigenvalue weighted by atomic mass is 19.4. The molecule has 0 spiro atoms. The van der Waals surface area contributed by atoms with Crippen molar-refractivity contribution < 1.29 is 22.8 Å². The van der Waals surface area contributed by atoms with Crippen LogP contribution in [0.15, 0.2) is 85.1 Å². The van der Waals surface area contributed by atoms with E-state index in [0.717, 1.165) is 23.4 Å². The molecule has 0 atom stereocenters. The number of alkyl halides is 3. The number of allylic oxidation sites excluding steroid dienone is 1. The smallest absolute Gasteiger partial charge is 0.379 e. The van der Waals surface area contributed by atoms with E-state index in [9.17, 15) is 18.0 Å². The highest BCUT2D eigenvalue weighted by molar-refractivity contribution is 6.04. The molecular formula is C28H24F3N7O2. The van der Waals surface area contributed by atoms with E-state index in [2.05, 4.69) is 31.1 Å². The van der Waals surface area contributed by atoms with Crippen LogP contribution >= 0.6 is 0 Å². The number of amides is 1. The number of carbonyl (C=O) groups excluding carboxylic acids is 1. The number of hydrogen-bond donors (Lipinski definition) is 3. The number of pyridine rings is 1. The van der Waals surface area contributed by atoms with Crippen LogP contribution in [0.1, 0.15) is 28.4 Å². The molecule has 0 fully saturated rings. The molecule has 3 N–H and O–H groups in total. The summed E-state index contributed by atoms with van der Waals surface area (Å²) in [4.78, 5) is 33.0. The number of anilines is 3. The first-order chi connectivity index (χ1) is 19.2. The van der Waals surface area contributed by atoms with Gasteiger partial charge in [-0.2, -0.15) is 18.7 Å². The van der Waals surface area contributed by atoms with Gasteiger partial charge >= 0.3 is 6.18 Å². The summed E-state index contributed by atoms with van der Waals surface area (Å²) in [6, 6.07) is 13.5. The van der Waals surface area contributed by atoms with E-state index in [0.29, 0.717) is 29.4 Å². The Morgan fingerprint density at radius 1 is 1.07 bits per heavy atom. The molecule has 1 aliphatic rings. The second-order valence-electron chi connectivity index (χ2n) is 9.03. The first kappa shape index (κ1) is 26.5. The minimum atomic E-state index is -4.59. The summed E-state index contributed by atoms with van der Waals surface area (Å²) in [6.07, 6.45) is 2.01. The van der Waals surface area contributed by atoms with Gasteiger partial charge in [-0.05, 0) is 67.9 Å². The van der Waals surface area contributed by atoms with Gasteiger partial charge in [0, 0.05) is 53.0 Å². The van der Waals surface area contributed by atoms with Gasteiger partial charge in [0.05, 0.1) is 17.9 Å². The summed E-state index contributed by atoms with van der Waals surface area (Å²) in [5, 5.41) is 5.62. The van der Waals surface area contributed by atoms with Crippen LogP contribution in [0.4, 0.5) is 30.5 Å². The molecule has 40 heavy (non-hydrogen) atoms. The van der Waals surface area contributed by atoms with E-state index in [1.165, 1.54) is 12.1 Å². The monoisotopic (exact) mass is 547 g/mol. The van der Waals surface area contributed by atoms with Crippen molar-refractivity contribution in [3.8, 4) is 17.0 Å². The molecule has 5 rings (SSSR count). The first-order valence-corrected chi connectivity index (χ1v) is 12.2. The molecule has 9 nitrogen and oxygen atoms in total. The Labute approximate surface area is 227 Å². The van der Waals surface area contributed by atoms with Crippen LogP contribution in [0.5, 0.6) is 5.75 Å². The zero-order valence-electron chi connectivity index (χ0n) is 21.5. The van der Waals surface area contributed by atoms with E-state index in [4.69, 9.17) is 4.84 Å². The fraction of sp³-hybridized carbons (Fsp3) is 0.143. The van der Waals surface area contributed by atoms with Crippen molar-refractivity contribution in [1.29, 1.82) is 0 Å². The predicted molar refractivity (Wildman–Crippen MR) is 144 cm³/mol. The Balaban J connectivity index is 1.33. The van der Waals surface area contributed by atoms with Crippen molar-refractivity contribution in [3.05, 3.63) is 102 Å².